The fraction of sp³-hybridized carbons (Fsp3) is 0.538. The molecule has 1 saturated carbocycles. The average Bonchev–Trinajstić information content (AvgIpc) is 2.46. The number of nitrogen functional groups attached to an aromatic ring is 1. The highest BCUT2D eigenvalue weighted by Gasteiger charge is 2.16. The fourth-order valence-electron chi connectivity index (χ4n) is 2.39. The molecule has 19 heavy (non-hydrogen) atoms. The highest BCUT2D eigenvalue weighted by atomic mass is 32.2. The second-order valence-electron chi connectivity index (χ2n) is 4.82. The minimum Gasteiger partial charge on any atom is -0.318 e. The number of benzene rings is 1. The van der Waals surface area contributed by atoms with Crippen molar-refractivity contribution < 1.29 is 4.92 Å². The van der Waals surface area contributed by atoms with Gasteiger partial charge >= 0.3 is 0 Å². The molecule has 2 rings (SSSR count). The second-order valence-corrected chi connectivity index (χ2v) is 6.11. The number of nitrogens with one attached hydrogen (secondary N) is 1. The molecule has 0 spiro atoms. The van der Waals surface area contributed by atoms with E-state index in [1.54, 1.807) is 12.1 Å². The van der Waals surface area contributed by atoms with Gasteiger partial charge in [0.1, 0.15) is 5.69 Å². The van der Waals surface area contributed by atoms with Gasteiger partial charge in [0.05, 0.1) is 4.92 Å². The largest absolute Gasteiger partial charge is 0.318 e. The Morgan fingerprint density at radius 1 is 1.37 bits per heavy atom. The normalized spacial score (nSPS) is 16.3. The van der Waals surface area contributed by atoms with Gasteiger partial charge in [-0.2, -0.15) is 11.8 Å². The van der Waals surface area contributed by atoms with E-state index in [1.165, 1.54) is 32.1 Å². The van der Waals surface area contributed by atoms with E-state index in [2.05, 4.69) is 5.43 Å². The number of thioether (sulfide) groups is 1. The summed E-state index contributed by atoms with van der Waals surface area (Å²) in [5.41, 5.74) is 3.75. The van der Waals surface area contributed by atoms with Gasteiger partial charge in [-0.05, 0) is 24.5 Å². The van der Waals surface area contributed by atoms with Gasteiger partial charge in [0.25, 0.3) is 5.69 Å². The zero-order valence-electron chi connectivity index (χ0n) is 10.8. The quantitative estimate of drug-likeness (QED) is 0.491. The Morgan fingerprint density at radius 3 is 2.74 bits per heavy atom. The lowest BCUT2D eigenvalue weighted by atomic mass is 10.0. The summed E-state index contributed by atoms with van der Waals surface area (Å²) in [7, 11) is 0. The maximum atomic E-state index is 10.9. The zero-order chi connectivity index (χ0) is 13.7. The minimum atomic E-state index is -0.399. The molecule has 0 heterocycles. The molecule has 1 aromatic carbocycles. The highest BCUT2D eigenvalue weighted by molar-refractivity contribution is 7.99. The molecule has 3 N–H and O–H groups in total. The Labute approximate surface area is 117 Å². The van der Waals surface area contributed by atoms with E-state index in [-0.39, 0.29) is 5.69 Å². The third-order valence-corrected chi connectivity index (χ3v) is 4.90. The van der Waals surface area contributed by atoms with Crippen LogP contribution in [-0.2, 0) is 5.75 Å². The van der Waals surface area contributed by atoms with E-state index in [4.69, 9.17) is 5.84 Å². The number of hydrogen-bond donors (Lipinski definition) is 2. The molecule has 6 heteroatoms. The molecule has 0 saturated heterocycles. The van der Waals surface area contributed by atoms with Crippen molar-refractivity contribution in [1.82, 2.24) is 0 Å². The van der Waals surface area contributed by atoms with E-state index in [0.29, 0.717) is 10.9 Å². The Bertz CT molecular complexity index is 448. The summed E-state index contributed by atoms with van der Waals surface area (Å²) < 4.78 is 0. The number of nitrogens with two attached hydrogens (primary N) is 1. The van der Waals surface area contributed by atoms with Crippen molar-refractivity contribution in [3.63, 3.8) is 0 Å². The molecule has 5 nitrogen and oxygen atoms in total. The standard InChI is InChI=1S/C13H19N3O2S/c14-15-12-7-6-10(8-13(12)16(17)18)9-19-11-4-2-1-3-5-11/h6-8,11,15H,1-5,9,14H2. The van der Waals surface area contributed by atoms with Gasteiger partial charge in [-0.3, -0.25) is 16.0 Å². The van der Waals surface area contributed by atoms with Crippen LogP contribution in [0.3, 0.4) is 0 Å². The summed E-state index contributed by atoms with van der Waals surface area (Å²) in [6.45, 7) is 0. The monoisotopic (exact) mass is 281 g/mol. The SMILES string of the molecule is NNc1ccc(CSC2CCCCC2)cc1[N+](=O)[O-]. The van der Waals surface area contributed by atoms with E-state index in [9.17, 15) is 10.1 Å². The number of nitro groups is 1. The van der Waals surface area contributed by atoms with Gasteiger partial charge in [-0.15, -0.1) is 0 Å². The van der Waals surface area contributed by atoms with E-state index >= 15 is 0 Å². The third kappa shape index (κ3) is 3.84. The molecular weight excluding hydrogens is 262 g/mol. The topological polar surface area (TPSA) is 81.2 Å². The summed E-state index contributed by atoms with van der Waals surface area (Å²) in [5, 5.41) is 11.7. The van der Waals surface area contributed by atoms with Crippen molar-refractivity contribution >= 4 is 23.1 Å². The first-order valence-electron chi connectivity index (χ1n) is 6.56. The lowest BCUT2D eigenvalue weighted by molar-refractivity contribution is -0.384. The van der Waals surface area contributed by atoms with Crippen LogP contribution in [0.5, 0.6) is 0 Å². The second kappa shape index (κ2) is 6.77. The van der Waals surface area contributed by atoms with Crippen molar-refractivity contribution in [3.8, 4) is 0 Å². The van der Waals surface area contributed by atoms with Crippen molar-refractivity contribution in [3.05, 3.63) is 33.9 Å². The molecule has 0 bridgehead atoms. The number of rotatable bonds is 5. The molecule has 0 aliphatic heterocycles. The minimum absolute atomic E-state index is 0.0456. The Hall–Kier alpha value is -1.27. The van der Waals surface area contributed by atoms with E-state index in [1.807, 2.05) is 17.8 Å². The summed E-state index contributed by atoms with van der Waals surface area (Å²) in [6, 6.07) is 5.19. The molecule has 1 aromatic rings. The number of nitrogens with zero attached hydrogens (tertiary/aromatic N) is 1. The van der Waals surface area contributed by atoms with Gasteiger partial charge in [-0.1, -0.05) is 25.3 Å². The van der Waals surface area contributed by atoms with Crippen molar-refractivity contribution in [2.45, 2.75) is 43.1 Å². The third-order valence-electron chi connectivity index (χ3n) is 3.45. The summed E-state index contributed by atoms with van der Waals surface area (Å²) in [5.74, 6) is 6.10. The predicted octanol–water partition coefficient (Wildman–Crippen LogP) is 3.45. The van der Waals surface area contributed by atoms with Crippen LogP contribution in [-0.4, -0.2) is 10.2 Å². The maximum absolute atomic E-state index is 10.9. The highest BCUT2D eigenvalue weighted by Crippen LogP contribution is 2.32. The van der Waals surface area contributed by atoms with E-state index in [0.717, 1.165) is 11.3 Å². The number of hydrogen-bond acceptors (Lipinski definition) is 5. The summed E-state index contributed by atoms with van der Waals surface area (Å²) in [4.78, 5) is 10.5. The maximum Gasteiger partial charge on any atom is 0.293 e. The van der Waals surface area contributed by atoms with Crippen LogP contribution < -0.4 is 11.3 Å². The van der Waals surface area contributed by atoms with Gasteiger partial charge in [0, 0.05) is 17.1 Å². The Balaban J connectivity index is 2.00. The molecule has 1 fully saturated rings. The van der Waals surface area contributed by atoms with Crippen LogP contribution in [0.15, 0.2) is 18.2 Å². The molecule has 0 amide bonds. The first-order valence-corrected chi connectivity index (χ1v) is 7.61. The predicted molar refractivity (Wildman–Crippen MR) is 79.1 cm³/mol. The van der Waals surface area contributed by atoms with Crippen molar-refractivity contribution in [1.29, 1.82) is 0 Å². The lowest BCUT2D eigenvalue weighted by Crippen LogP contribution is -2.10. The number of hydrazine groups is 1. The fourth-order valence-corrected chi connectivity index (χ4v) is 3.66. The molecule has 0 unspecified atom stereocenters. The van der Waals surface area contributed by atoms with Crippen LogP contribution in [0, 0.1) is 10.1 Å². The van der Waals surface area contributed by atoms with Gasteiger partial charge < -0.3 is 5.43 Å². The van der Waals surface area contributed by atoms with Gasteiger partial charge in [0.15, 0.2) is 0 Å². The smallest absolute Gasteiger partial charge is 0.293 e. The lowest BCUT2D eigenvalue weighted by Gasteiger charge is -2.20. The Morgan fingerprint density at radius 2 is 2.11 bits per heavy atom. The van der Waals surface area contributed by atoms with E-state index < -0.39 is 4.92 Å². The average molecular weight is 281 g/mol. The molecule has 104 valence electrons. The molecule has 1 aliphatic carbocycles. The molecule has 1 aliphatic rings. The van der Waals surface area contributed by atoms with Crippen LogP contribution in [0.1, 0.15) is 37.7 Å². The van der Waals surface area contributed by atoms with Gasteiger partial charge in [0.2, 0.25) is 0 Å². The van der Waals surface area contributed by atoms with Crippen LogP contribution >= 0.6 is 11.8 Å². The van der Waals surface area contributed by atoms with Gasteiger partial charge in [-0.25, -0.2) is 0 Å². The molecular formula is C13H19N3O2S. The number of anilines is 1. The molecule has 0 radical (unpaired) electrons. The van der Waals surface area contributed by atoms with Crippen LogP contribution in [0.25, 0.3) is 0 Å². The van der Waals surface area contributed by atoms with Crippen LogP contribution in [0.4, 0.5) is 11.4 Å². The molecule has 0 aromatic heterocycles. The van der Waals surface area contributed by atoms with Crippen molar-refractivity contribution in [2.75, 3.05) is 5.43 Å². The Kier molecular flexibility index (Phi) is 5.04. The number of nitro benzene ring substituents is 1. The molecule has 0 atom stereocenters. The zero-order valence-corrected chi connectivity index (χ0v) is 11.6. The van der Waals surface area contributed by atoms with Crippen molar-refractivity contribution in [2.24, 2.45) is 5.84 Å². The first kappa shape index (κ1) is 14.1. The summed E-state index contributed by atoms with van der Waals surface area (Å²) in [6.07, 6.45) is 6.52. The van der Waals surface area contributed by atoms with Crippen LogP contribution in [0.2, 0.25) is 0 Å². The first-order chi connectivity index (χ1) is 9.20. The summed E-state index contributed by atoms with van der Waals surface area (Å²) >= 11 is 1.91.